The number of pyridine rings is 1. The fourth-order valence-electron chi connectivity index (χ4n) is 5.22. The average Bonchev–Trinajstić information content (AvgIpc) is 3.51. The van der Waals surface area contributed by atoms with E-state index in [4.69, 9.17) is 9.84 Å². The molecule has 6 aromatic rings. The lowest BCUT2D eigenvalue weighted by molar-refractivity contribution is -0.117. The molecule has 0 saturated heterocycles. The Hall–Kier alpha value is -4.98. The summed E-state index contributed by atoms with van der Waals surface area (Å²) in [7, 11) is 1.68. The molecular weight excluding hydrogens is 538 g/mol. The van der Waals surface area contributed by atoms with E-state index in [1.165, 1.54) is 10.1 Å². The SMILES string of the molecule is C.Cc1ccc(-n2nc(C(C)(C)C)cc2CC(=O)Cc2ccc(Oc3ccnc4[nH]c(=O)n(C)c34)c3ccccc23)cc1. The fraction of sp³-hybridized carbons (Fsp3) is 0.257. The number of aryl methyl sites for hydroxylation is 2. The van der Waals surface area contributed by atoms with Crippen molar-refractivity contribution in [2.24, 2.45) is 7.05 Å². The Morgan fingerprint density at radius 2 is 1.65 bits per heavy atom. The molecule has 43 heavy (non-hydrogen) atoms. The number of benzene rings is 3. The second-order valence-corrected chi connectivity index (χ2v) is 11.8. The monoisotopic (exact) mass is 575 g/mol. The standard InChI is InChI=1S/C34H33N5O3.CH4/c1-21-10-13-23(14-11-21)39-24(20-30(37-39)34(2,3)4)19-25(40)18-22-12-15-28(27-9-7-6-8-26(22)27)42-29-16-17-35-32-31(29)38(5)33(41)36-32;/h6-17,20H,18-19H2,1-5H3,(H,35,36,41);1H4. The lowest BCUT2D eigenvalue weighted by atomic mass is 9.92. The maximum Gasteiger partial charge on any atom is 0.327 e. The zero-order chi connectivity index (χ0) is 29.6. The van der Waals surface area contributed by atoms with Crippen LogP contribution in [0.25, 0.3) is 27.6 Å². The summed E-state index contributed by atoms with van der Waals surface area (Å²) in [5.41, 5.74) is 5.50. The van der Waals surface area contributed by atoms with Crippen molar-refractivity contribution in [3.8, 4) is 17.2 Å². The van der Waals surface area contributed by atoms with Gasteiger partial charge in [-0.15, -0.1) is 0 Å². The molecule has 0 radical (unpaired) electrons. The molecule has 3 heterocycles. The number of ether oxygens (including phenoxy) is 1. The van der Waals surface area contributed by atoms with Gasteiger partial charge in [-0.2, -0.15) is 5.10 Å². The third-order valence-electron chi connectivity index (χ3n) is 7.54. The van der Waals surface area contributed by atoms with Crippen LogP contribution in [0, 0.1) is 6.92 Å². The Bertz CT molecular complexity index is 2010. The molecule has 8 heteroatoms. The van der Waals surface area contributed by atoms with Gasteiger partial charge in [0.15, 0.2) is 11.4 Å². The van der Waals surface area contributed by atoms with Crippen molar-refractivity contribution in [2.45, 2.75) is 53.4 Å². The van der Waals surface area contributed by atoms with E-state index >= 15 is 0 Å². The smallest absolute Gasteiger partial charge is 0.327 e. The second-order valence-electron chi connectivity index (χ2n) is 11.8. The van der Waals surface area contributed by atoms with Crippen molar-refractivity contribution >= 4 is 27.7 Å². The first-order valence-electron chi connectivity index (χ1n) is 14.0. The molecule has 0 aliphatic heterocycles. The quantitative estimate of drug-likeness (QED) is 0.221. The van der Waals surface area contributed by atoms with Crippen molar-refractivity contribution in [3.63, 3.8) is 0 Å². The first-order chi connectivity index (χ1) is 20.1. The molecule has 0 aliphatic rings. The number of imidazole rings is 1. The van der Waals surface area contributed by atoms with Gasteiger partial charge in [0.05, 0.1) is 17.1 Å². The molecule has 3 aromatic carbocycles. The van der Waals surface area contributed by atoms with Crippen LogP contribution in [0.1, 0.15) is 50.7 Å². The normalized spacial score (nSPS) is 11.6. The van der Waals surface area contributed by atoms with E-state index in [1.807, 2.05) is 53.2 Å². The van der Waals surface area contributed by atoms with E-state index in [9.17, 15) is 9.59 Å². The Labute approximate surface area is 251 Å². The van der Waals surface area contributed by atoms with E-state index in [0.717, 1.165) is 33.4 Å². The molecule has 1 N–H and O–H groups in total. The first-order valence-corrected chi connectivity index (χ1v) is 14.0. The molecule has 0 fully saturated rings. The number of rotatable bonds is 7. The zero-order valence-electron chi connectivity index (χ0n) is 24.4. The summed E-state index contributed by atoms with van der Waals surface area (Å²) in [6.45, 7) is 8.44. The van der Waals surface area contributed by atoms with E-state index < -0.39 is 0 Å². The van der Waals surface area contributed by atoms with E-state index in [0.29, 0.717) is 22.7 Å². The van der Waals surface area contributed by atoms with Crippen LogP contribution in [0.3, 0.4) is 0 Å². The van der Waals surface area contributed by atoms with Crippen LogP contribution in [0.15, 0.2) is 83.8 Å². The maximum atomic E-state index is 13.6. The minimum absolute atomic E-state index is 0. The number of aromatic amines is 1. The highest BCUT2D eigenvalue weighted by Gasteiger charge is 2.22. The van der Waals surface area contributed by atoms with Crippen molar-refractivity contribution in [1.82, 2.24) is 24.3 Å². The molecule has 0 atom stereocenters. The van der Waals surface area contributed by atoms with Gasteiger partial charge in [-0.05, 0) is 42.1 Å². The van der Waals surface area contributed by atoms with Gasteiger partial charge in [0, 0.05) is 43.0 Å². The van der Waals surface area contributed by atoms with Crippen LogP contribution in [-0.2, 0) is 30.1 Å². The number of hydrogen-bond donors (Lipinski definition) is 1. The number of H-pyrrole nitrogens is 1. The van der Waals surface area contributed by atoms with Crippen LogP contribution >= 0.6 is 0 Å². The third kappa shape index (κ3) is 5.73. The number of nitrogens with one attached hydrogen (secondary N) is 1. The van der Waals surface area contributed by atoms with Crippen LogP contribution in [0.4, 0.5) is 0 Å². The Morgan fingerprint density at radius 1 is 0.930 bits per heavy atom. The number of carbonyl (C=O) groups is 1. The van der Waals surface area contributed by atoms with Gasteiger partial charge >= 0.3 is 5.69 Å². The largest absolute Gasteiger partial charge is 0.454 e. The molecule has 0 amide bonds. The van der Waals surface area contributed by atoms with Gasteiger partial charge in [0.2, 0.25) is 0 Å². The Kier molecular flexibility index (Phi) is 7.80. The van der Waals surface area contributed by atoms with Crippen LogP contribution in [0.2, 0.25) is 0 Å². The van der Waals surface area contributed by atoms with Gasteiger partial charge in [0.25, 0.3) is 0 Å². The highest BCUT2D eigenvalue weighted by atomic mass is 16.5. The molecule has 0 aliphatic carbocycles. The predicted octanol–water partition coefficient (Wildman–Crippen LogP) is 6.99. The summed E-state index contributed by atoms with van der Waals surface area (Å²) in [6, 6.07) is 23.7. The average molecular weight is 576 g/mol. The lowest BCUT2D eigenvalue weighted by Gasteiger charge is -2.14. The number of fused-ring (bicyclic) bond motifs is 2. The van der Waals surface area contributed by atoms with Gasteiger partial charge < -0.3 is 4.74 Å². The molecule has 0 saturated carbocycles. The molecule has 0 bridgehead atoms. The molecule has 8 nitrogen and oxygen atoms in total. The minimum atomic E-state index is -0.259. The van der Waals surface area contributed by atoms with Gasteiger partial charge in [-0.25, -0.2) is 14.5 Å². The van der Waals surface area contributed by atoms with E-state index in [-0.39, 0.29) is 37.2 Å². The summed E-state index contributed by atoms with van der Waals surface area (Å²) >= 11 is 0. The lowest BCUT2D eigenvalue weighted by Crippen LogP contribution is -2.13. The Balaban J connectivity index is 0.00000368. The topological polar surface area (TPSA) is 94.8 Å². The summed E-state index contributed by atoms with van der Waals surface area (Å²) < 4.78 is 9.73. The van der Waals surface area contributed by atoms with Crippen LogP contribution in [0.5, 0.6) is 11.5 Å². The zero-order valence-corrected chi connectivity index (χ0v) is 24.4. The van der Waals surface area contributed by atoms with Crippen molar-refractivity contribution in [2.75, 3.05) is 0 Å². The van der Waals surface area contributed by atoms with Crippen LogP contribution < -0.4 is 10.4 Å². The van der Waals surface area contributed by atoms with E-state index in [2.05, 4.69) is 55.9 Å². The number of Topliss-reactive ketones (excluding diaryl/α,β-unsaturated/α-hetero) is 1. The second kappa shape index (κ2) is 11.4. The predicted molar refractivity (Wildman–Crippen MR) is 172 cm³/mol. The number of nitrogens with zero attached hydrogens (tertiary/aromatic N) is 4. The Morgan fingerprint density at radius 3 is 2.37 bits per heavy atom. The van der Waals surface area contributed by atoms with Crippen molar-refractivity contribution in [1.29, 1.82) is 0 Å². The van der Waals surface area contributed by atoms with E-state index in [1.54, 1.807) is 19.3 Å². The fourth-order valence-corrected chi connectivity index (χ4v) is 5.22. The first kappa shape index (κ1) is 29.5. The molecule has 6 rings (SSSR count). The molecule has 0 spiro atoms. The molecular formula is C35H37N5O3. The van der Waals surface area contributed by atoms with Crippen molar-refractivity contribution in [3.05, 3.63) is 112 Å². The third-order valence-corrected chi connectivity index (χ3v) is 7.54. The summed E-state index contributed by atoms with van der Waals surface area (Å²) in [5, 5.41) is 6.72. The molecule has 220 valence electrons. The molecule has 3 aromatic heterocycles. The van der Waals surface area contributed by atoms with Gasteiger partial charge in [-0.3, -0.25) is 14.3 Å². The number of carbonyl (C=O) groups excluding carboxylic acids is 1. The molecule has 0 unspecified atom stereocenters. The maximum absolute atomic E-state index is 13.6. The number of aromatic nitrogens is 5. The summed E-state index contributed by atoms with van der Waals surface area (Å²) in [4.78, 5) is 32.7. The van der Waals surface area contributed by atoms with Crippen LogP contribution in [-0.4, -0.2) is 30.1 Å². The van der Waals surface area contributed by atoms with Gasteiger partial charge in [-0.1, -0.05) is 76.2 Å². The summed E-state index contributed by atoms with van der Waals surface area (Å²) in [5.74, 6) is 1.25. The minimum Gasteiger partial charge on any atom is -0.454 e. The summed E-state index contributed by atoms with van der Waals surface area (Å²) in [6.07, 6.45) is 2.14. The highest BCUT2D eigenvalue weighted by molar-refractivity contribution is 5.95. The number of ketones is 1. The van der Waals surface area contributed by atoms with Crippen molar-refractivity contribution < 1.29 is 9.53 Å². The highest BCUT2D eigenvalue weighted by Crippen LogP contribution is 2.34. The number of hydrogen-bond acceptors (Lipinski definition) is 5. The van der Waals surface area contributed by atoms with Gasteiger partial charge in [0.1, 0.15) is 17.0 Å².